The number of thiophene rings is 1. The lowest BCUT2D eigenvalue weighted by Crippen LogP contribution is -2.48. The summed E-state index contributed by atoms with van der Waals surface area (Å²) in [5.74, 6) is 0.776. The van der Waals surface area contributed by atoms with Gasteiger partial charge in [0.1, 0.15) is 21.7 Å². The van der Waals surface area contributed by atoms with Crippen LogP contribution in [0.2, 0.25) is 0 Å². The van der Waals surface area contributed by atoms with Gasteiger partial charge in [-0.05, 0) is 29.8 Å². The summed E-state index contributed by atoms with van der Waals surface area (Å²) in [6.45, 7) is 3.24. The molecule has 1 amide bonds. The number of benzene rings is 1. The summed E-state index contributed by atoms with van der Waals surface area (Å²) in [4.78, 5) is 52.7. The van der Waals surface area contributed by atoms with E-state index >= 15 is 0 Å². The molecule has 178 valence electrons. The molecule has 0 atom stereocenters. The fourth-order valence-electron chi connectivity index (χ4n) is 4.19. The zero-order valence-electron chi connectivity index (χ0n) is 19.1. The number of hydrogen-bond donors (Lipinski definition) is 1. The average Bonchev–Trinajstić information content (AvgIpc) is 3.34. The maximum absolute atomic E-state index is 13.3. The molecule has 0 aliphatic carbocycles. The van der Waals surface area contributed by atoms with Crippen LogP contribution in [0.5, 0.6) is 5.75 Å². The number of aromatic nitrogens is 3. The van der Waals surface area contributed by atoms with E-state index in [1.165, 1.54) is 11.3 Å². The molecule has 1 saturated heterocycles. The lowest BCUT2D eigenvalue weighted by Gasteiger charge is -2.34. The van der Waals surface area contributed by atoms with Crippen molar-refractivity contribution in [2.75, 3.05) is 33.3 Å². The van der Waals surface area contributed by atoms with Crippen LogP contribution in [0.3, 0.4) is 0 Å². The van der Waals surface area contributed by atoms with Crippen molar-refractivity contribution in [3.05, 3.63) is 75.0 Å². The Morgan fingerprint density at radius 3 is 2.74 bits per heavy atom. The van der Waals surface area contributed by atoms with E-state index in [1.54, 1.807) is 41.8 Å². The minimum atomic E-state index is -0.277. The van der Waals surface area contributed by atoms with Crippen LogP contribution in [-0.4, -0.2) is 70.2 Å². The van der Waals surface area contributed by atoms with Crippen molar-refractivity contribution in [1.82, 2.24) is 24.8 Å². The molecule has 10 heteroatoms. The zero-order valence-corrected chi connectivity index (χ0v) is 19.9. The van der Waals surface area contributed by atoms with Crippen molar-refractivity contribution >= 4 is 33.7 Å². The Labute approximate surface area is 205 Å². The van der Waals surface area contributed by atoms with Crippen LogP contribution in [0.25, 0.3) is 21.7 Å². The highest BCUT2D eigenvalue weighted by molar-refractivity contribution is 7.17. The number of hydrogen-bond acceptors (Lipinski definition) is 8. The van der Waals surface area contributed by atoms with Gasteiger partial charge in [-0.25, -0.2) is 4.98 Å². The molecule has 0 spiro atoms. The van der Waals surface area contributed by atoms with Gasteiger partial charge in [0.15, 0.2) is 12.1 Å². The quantitative estimate of drug-likeness (QED) is 0.415. The normalized spacial score (nSPS) is 14.3. The lowest BCUT2D eigenvalue weighted by atomic mass is 10.1. The second kappa shape index (κ2) is 9.77. The molecular formula is C25H23N5O4S. The Balaban J connectivity index is 1.30. The summed E-state index contributed by atoms with van der Waals surface area (Å²) in [5, 5.41) is 1.71. The molecule has 9 nitrogen and oxygen atoms in total. The standard InChI is InChI=1S/C25H23N5O4S/c1-34-20-12-16(5-6-17(20)14-31)13-29-8-10-30(11-9-29)25(33)18-15-35-22-21(18)27-23(28-24(22)32)19-4-2-3-7-26-19/h2-7,12,14-15H,8-11,13H2,1H3,(H,27,28,32). The number of amides is 1. The first-order valence-corrected chi connectivity index (χ1v) is 12.0. The third-order valence-corrected chi connectivity index (χ3v) is 7.02. The average molecular weight is 490 g/mol. The molecule has 3 aromatic heterocycles. The highest BCUT2D eigenvalue weighted by Gasteiger charge is 2.26. The Hall–Kier alpha value is -3.89. The number of rotatable bonds is 6. The van der Waals surface area contributed by atoms with Gasteiger partial charge in [-0.2, -0.15) is 0 Å². The number of aromatic amines is 1. The highest BCUT2D eigenvalue weighted by atomic mass is 32.1. The Morgan fingerprint density at radius 1 is 1.20 bits per heavy atom. The Morgan fingerprint density at radius 2 is 2.03 bits per heavy atom. The number of carbonyl (C=O) groups is 2. The van der Waals surface area contributed by atoms with Crippen LogP contribution >= 0.6 is 11.3 Å². The van der Waals surface area contributed by atoms with Crippen LogP contribution in [0, 0.1) is 0 Å². The topological polar surface area (TPSA) is 108 Å². The van der Waals surface area contributed by atoms with Gasteiger partial charge in [0.2, 0.25) is 0 Å². The van der Waals surface area contributed by atoms with E-state index in [9.17, 15) is 14.4 Å². The fourth-order valence-corrected chi connectivity index (χ4v) is 5.07. The van der Waals surface area contributed by atoms with E-state index in [0.717, 1.165) is 11.8 Å². The predicted molar refractivity (Wildman–Crippen MR) is 133 cm³/mol. The molecule has 1 aromatic carbocycles. The van der Waals surface area contributed by atoms with Gasteiger partial charge in [-0.15, -0.1) is 11.3 Å². The van der Waals surface area contributed by atoms with Gasteiger partial charge in [0, 0.05) is 44.3 Å². The van der Waals surface area contributed by atoms with Crippen molar-refractivity contribution in [3.8, 4) is 17.3 Å². The van der Waals surface area contributed by atoms with E-state index in [1.807, 2.05) is 18.2 Å². The number of nitrogens with one attached hydrogen (secondary N) is 1. The molecule has 1 N–H and O–H groups in total. The number of H-pyrrole nitrogens is 1. The van der Waals surface area contributed by atoms with E-state index in [4.69, 9.17) is 4.74 Å². The van der Waals surface area contributed by atoms with Crippen LogP contribution in [0.15, 0.2) is 52.8 Å². The fraction of sp³-hybridized carbons (Fsp3) is 0.240. The zero-order chi connectivity index (χ0) is 24.4. The van der Waals surface area contributed by atoms with Crippen molar-refractivity contribution < 1.29 is 14.3 Å². The molecule has 0 radical (unpaired) electrons. The Bertz CT molecular complexity index is 1440. The lowest BCUT2D eigenvalue weighted by molar-refractivity contribution is 0.0630. The minimum absolute atomic E-state index is 0.127. The van der Waals surface area contributed by atoms with Crippen LogP contribution in [-0.2, 0) is 6.54 Å². The number of pyridine rings is 1. The van der Waals surface area contributed by atoms with Gasteiger partial charge in [0.25, 0.3) is 11.5 Å². The summed E-state index contributed by atoms with van der Waals surface area (Å²) in [6.07, 6.45) is 2.41. The first kappa shape index (κ1) is 22.9. The maximum atomic E-state index is 13.3. The third kappa shape index (κ3) is 4.58. The van der Waals surface area contributed by atoms with Crippen molar-refractivity contribution in [3.63, 3.8) is 0 Å². The van der Waals surface area contributed by atoms with Gasteiger partial charge < -0.3 is 14.6 Å². The molecule has 35 heavy (non-hydrogen) atoms. The highest BCUT2D eigenvalue weighted by Crippen LogP contribution is 2.25. The van der Waals surface area contributed by atoms with E-state index < -0.39 is 0 Å². The first-order valence-electron chi connectivity index (χ1n) is 11.1. The number of fused-ring (bicyclic) bond motifs is 1. The third-order valence-electron chi connectivity index (χ3n) is 6.06. The van der Waals surface area contributed by atoms with Crippen molar-refractivity contribution in [1.29, 1.82) is 0 Å². The molecule has 1 aliphatic heterocycles. The number of aldehydes is 1. The molecule has 0 unspecified atom stereocenters. The largest absolute Gasteiger partial charge is 0.496 e. The van der Waals surface area contributed by atoms with Gasteiger partial charge in [0.05, 0.1) is 18.2 Å². The molecule has 1 aliphatic rings. The molecule has 1 fully saturated rings. The molecular weight excluding hydrogens is 466 g/mol. The number of methoxy groups -OCH3 is 1. The van der Waals surface area contributed by atoms with Crippen LogP contribution in [0.4, 0.5) is 0 Å². The molecule has 0 bridgehead atoms. The Kier molecular flexibility index (Phi) is 6.39. The second-order valence-corrected chi connectivity index (χ2v) is 9.10. The van der Waals surface area contributed by atoms with Crippen molar-refractivity contribution in [2.24, 2.45) is 0 Å². The molecule has 5 rings (SSSR count). The number of piperazine rings is 1. The maximum Gasteiger partial charge on any atom is 0.269 e. The van der Waals surface area contributed by atoms with Gasteiger partial charge in [-0.1, -0.05) is 12.1 Å². The van der Waals surface area contributed by atoms with Gasteiger partial charge in [-0.3, -0.25) is 24.3 Å². The number of nitrogens with zero attached hydrogens (tertiary/aromatic N) is 4. The molecule has 4 aromatic rings. The van der Waals surface area contributed by atoms with E-state index in [-0.39, 0.29) is 11.5 Å². The molecule has 4 heterocycles. The van der Waals surface area contributed by atoms with E-state index in [0.29, 0.717) is 71.3 Å². The SMILES string of the molecule is COc1cc(CN2CCN(C(=O)c3csc4c(=O)[nH]c(-c5ccccn5)nc34)CC2)ccc1C=O. The predicted octanol–water partition coefficient (Wildman–Crippen LogP) is 2.83. The number of carbonyl (C=O) groups excluding carboxylic acids is 2. The summed E-state index contributed by atoms with van der Waals surface area (Å²) >= 11 is 1.22. The summed E-state index contributed by atoms with van der Waals surface area (Å²) in [7, 11) is 1.55. The summed E-state index contributed by atoms with van der Waals surface area (Å²) < 4.78 is 5.73. The second-order valence-electron chi connectivity index (χ2n) is 8.22. The van der Waals surface area contributed by atoms with Crippen LogP contribution < -0.4 is 10.3 Å². The van der Waals surface area contributed by atoms with Crippen molar-refractivity contribution in [2.45, 2.75) is 6.54 Å². The summed E-state index contributed by atoms with van der Waals surface area (Å²) in [6, 6.07) is 10.9. The number of ether oxygens (including phenoxy) is 1. The van der Waals surface area contributed by atoms with Crippen LogP contribution in [0.1, 0.15) is 26.3 Å². The minimum Gasteiger partial charge on any atom is -0.496 e. The van der Waals surface area contributed by atoms with Gasteiger partial charge >= 0.3 is 0 Å². The van der Waals surface area contributed by atoms with E-state index in [2.05, 4.69) is 19.9 Å². The smallest absolute Gasteiger partial charge is 0.269 e. The monoisotopic (exact) mass is 489 g/mol. The summed E-state index contributed by atoms with van der Waals surface area (Å²) in [5.41, 5.74) is 2.68. The first-order chi connectivity index (χ1) is 17.1. The molecule has 0 saturated carbocycles.